The maximum atomic E-state index is 11.9. The molecule has 0 N–H and O–H groups in total. The Hall–Kier alpha value is -3.84. The number of esters is 2. The molecule has 0 saturated heterocycles. The summed E-state index contributed by atoms with van der Waals surface area (Å²) in [6.07, 6.45) is 0. The summed E-state index contributed by atoms with van der Waals surface area (Å²) in [5.41, 5.74) is -0.452. The predicted octanol–water partition coefficient (Wildman–Crippen LogP) is 2.13. The minimum atomic E-state index is -0.704. The van der Waals surface area contributed by atoms with Crippen LogP contribution in [-0.4, -0.2) is 66.4 Å². The summed E-state index contributed by atoms with van der Waals surface area (Å²) in [6.45, 7) is 6.23. The number of hydrazine groups is 1. The van der Waals surface area contributed by atoms with Crippen LogP contribution in [0, 0.1) is 15.3 Å². The molecule has 0 aliphatic heterocycles. The molecule has 184 valence electrons. The van der Waals surface area contributed by atoms with Gasteiger partial charge in [-0.3, -0.25) is 10.1 Å². The highest BCUT2D eigenvalue weighted by molar-refractivity contribution is 5.72. The normalized spacial score (nSPS) is 10.8. The van der Waals surface area contributed by atoms with Gasteiger partial charge in [0.15, 0.2) is 31.3 Å². The van der Waals surface area contributed by atoms with E-state index in [1.165, 1.54) is 11.1 Å². The lowest BCUT2D eigenvalue weighted by Gasteiger charge is -2.14. The molecule has 14 nitrogen and oxygen atoms in total. The van der Waals surface area contributed by atoms with E-state index in [0.29, 0.717) is 13.1 Å². The van der Waals surface area contributed by atoms with E-state index in [1.54, 1.807) is 27.7 Å². The van der Waals surface area contributed by atoms with Crippen LogP contribution in [0.25, 0.3) is 0 Å². The van der Waals surface area contributed by atoms with Crippen molar-refractivity contribution >= 4 is 17.6 Å². The number of ether oxygens (including phenoxy) is 4. The minimum Gasteiger partial charge on any atom is -0.569 e. The van der Waals surface area contributed by atoms with Gasteiger partial charge in [0.25, 0.3) is 5.69 Å². The van der Waals surface area contributed by atoms with Crippen molar-refractivity contribution in [3.05, 3.63) is 33.0 Å². The molecule has 14 heteroatoms. The van der Waals surface area contributed by atoms with Crippen LogP contribution < -0.4 is 9.47 Å². The molecule has 0 bridgehead atoms. The minimum absolute atomic E-state index is 0.0148. The Kier molecular flexibility index (Phi) is 11.8. The van der Waals surface area contributed by atoms with Crippen molar-refractivity contribution in [2.75, 3.05) is 39.5 Å². The van der Waals surface area contributed by atoms with Gasteiger partial charge in [0, 0.05) is 0 Å². The zero-order valence-electron chi connectivity index (χ0n) is 19.0. The fourth-order valence-electron chi connectivity index (χ4n) is 2.45. The maximum Gasteiger partial charge on any atom is 0.344 e. The summed E-state index contributed by atoms with van der Waals surface area (Å²) >= 11 is 0. The summed E-state index contributed by atoms with van der Waals surface area (Å²) in [4.78, 5) is 39.3. The monoisotopic (exact) mass is 472 g/mol. The number of nitro benzene ring substituents is 1. The molecule has 0 aliphatic rings. The second kappa shape index (κ2) is 14.3. The van der Waals surface area contributed by atoms with Crippen LogP contribution in [0.15, 0.2) is 17.4 Å². The van der Waals surface area contributed by atoms with Crippen molar-refractivity contribution in [2.24, 2.45) is 5.28 Å². The van der Waals surface area contributed by atoms with Crippen LogP contribution in [0.2, 0.25) is 0 Å². The molecule has 1 aromatic carbocycles. The third-order valence-corrected chi connectivity index (χ3v) is 3.96. The number of carbonyl (C=O) groups is 2. The lowest BCUT2D eigenvalue weighted by molar-refractivity contribution is -0.710. The second-order valence-corrected chi connectivity index (χ2v) is 6.12. The van der Waals surface area contributed by atoms with Gasteiger partial charge in [-0.25, -0.2) is 9.59 Å². The number of hydrogen-bond donors (Lipinski definition) is 0. The average Bonchev–Trinajstić information content (AvgIpc) is 2.77. The third kappa shape index (κ3) is 9.04. The molecule has 0 spiro atoms. The molecule has 0 radical (unpaired) electrons. The summed E-state index contributed by atoms with van der Waals surface area (Å²) in [5.74, 6) is -1.64. The first kappa shape index (κ1) is 27.2. The zero-order chi connectivity index (χ0) is 24.8. The van der Waals surface area contributed by atoms with Gasteiger partial charge in [-0.05, 0) is 33.8 Å². The van der Waals surface area contributed by atoms with Gasteiger partial charge in [0.1, 0.15) is 0 Å². The lowest BCUT2D eigenvalue weighted by atomic mass is 10.1. The molecule has 0 saturated carbocycles. The van der Waals surface area contributed by atoms with E-state index in [2.05, 4.69) is 5.28 Å². The van der Waals surface area contributed by atoms with Gasteiger partial charge in [-0.1, -0.05) is 0 Å². The number of nitrogens with zero attached hydrogens (tertiary/aromatic N) is 4. The van der Waals surface area contributed by atoms with Crippen molar-refractivity contribution in [3.63, 3.8) is 0 Å². The maximum absolute atomic E-state index is 11.9. The highest BCUT2D eigenvalue weighted by Gasteiger charge is 2.23. The number of rotatable bonds is 15. The van der Waals surface area contributed by atoms with E-state index >= 15 is 0 Å². The molecule has 0 fully saturated rings. The fraction of sp³-hybridized carbons (Fsp3) is 0.579. The van der Waals surface area contributed by atoms with Crippen molar-refractivity contribution in [2.45, 2.75) is 34.3 Å². The molecule has 1 aromatic rings. The van der Waals surface area contributed by atoms with E-state index in [9.17, 15) is 24.9 Å². The number of nitro groups is 1. The van der Waals surface area contributed by atoms with E-state index < -0.39 is 42.4 Å². The Bertz CT molecular complexity index is 842. The van der Waals surface area contributed by atoms with E-state index in [-0.39, 0.29) is 35.2 Å². The standard InChI is InChI=1S/C19H28N4O10/c1-5-21(6-2)23(28)20-33-11-14-9-16(31-12-18(24)29-7-3)17(10-15(14)22(26)27)32-13-19(25)30-8-4/h9-10H,5-8,11-13H2,1-4H3. The van der Waals surface area contributed by atoms with Crippen LogP contribution in [0.3, 0.4) is 0 Å². The first-order valence-electron chi connectivity index (χ1n) is 10.2. The fourth-order valence-corrected chi connectivity index (χ4v) is 2.45. The number of carbonyl (C=O) groups excluding carboxylic acids is 2. The molecule has 0 amide bonds. The van der Waals surface area contributed by atoms with Gasteiger partial charge < -0.3 is 29.0 Å². The van der Waals surface area contributed by atoms with Gasteiger partial charge in [0.2, 0.25) is 5.28 Å². The Balaban J connectivity index is 3.19. The Morgan fingerprint density at radius 2 is 1.45 bits per heavy atom. The lowest BCUT2D eigenvalue weighted by Crippen LogP contribution is -2.30. The Morgan fingerprint density at radius 3 is 1.91 bits per heavy atom. The zero-order valence-corrected chi connectivity index (χ0v) is 19.0. The molecule has 0 unspecified atom stereocenters. The summed E-state index contributed by atoms with van der Waals surface area (Å²) < 4.78 is 20.2. The molecule has 0 atom stereocenters. The number of hydrogen-bond acceptors (Lipinski definition) is 11. The first-order valence-corrected chi connectivity index (χ1v) is 10.2. The number of benzene rings is 1. The predicted molar refractivity (Wildman–Crippen MR) is 111 cm³/mol. The van der Waals surface area contributed by atoms with Gasteiger partial charge in [-0.15, -0.1) is 5.01 Å². The van der Waals surface area contributed by atoms with Crippen molar-refractivity contribution in [1.29, 1.82) is 0 Å². The first-order chi connectivity index (χ1) is 15.8. The molecule has 0 heterocycles. The highest BCUT2D eigenvalue weighted by Crippen LogP contribution is 2.35. The summed E-state index contributed by atoms with van der Waals surface area (Å²) in [7, 11) is 0. The van der Waals surface area contributed by atoms with Gasteiger partial charge in [-0.2, -0.15) is 0 Å². The molecular formula is C19H28N4O10. The Morgan fingerprint density at radius 1 is 0.939 bits per heavy atom. The van der Waals surface area contributed by atoms with E-state index in [1.807, 2.05) is 0 Å². The molecule has 33 heavy (non-hydrogen) atoms. The Labute approximate surface area is 190 Å². The van der Waals surface area contributed by atoms with Crippen LogP contribution in [0.1, 0.15) is 33.3 Å². The van der Waals surface area contributed by atoms with Gasteiger partial charge in [0.05, 0.1) is 47.8 Å². The third-order valence-electron chi connectivity index (χ3n) is 3.96. The highest BCUT2D eigenvalue weighted by atomic mass is 16.7. The molecule has 0 aromatic heterocycles. The van der Waals surface area contributed by atoms with E-state index in [4.69, 9.17) is 23.8 Å². The van der Waals surface area contributed by atoms with Crippen molar-refractivity contribution in [3.8, 4) is 11.5 Å². The van der Waals surface area contributed by atoms with Crippen molar-refractivity contribution in [1.82, 2.24) is 5.01 Å². The topological polar surface area (TPSA) is 165 Å². The smallest absolute Gasteiger partial charge is 0.344 e. The van der Waals surface area contributed by atoms with Crippen molar-refractivity contribution < 1.29 is 43.3 Å². The summed E-state index contributed by atoms with van der Waals surface area (Å²) in [5, 5.41) is 28.1. The van der Waals surface area contributed by atoms with Crippen LogP contribution >= 0.6 is 0 Å². The largest absolute Gasteiger partial charge is 0.569 e. The average molecular weight is 472 g/mol. The van der Waals surface area contributed by atoms with Crippen LogP contribution in [0.5, 0.6) is 11.5 Å². The second-order valence-electron chi connectivity index (χ2n) is 6.12. The molecular weight excluding hydrogens is 444 g/mol. The SMILES string of the molecule is CCOC(=O)COc1cc(CON=[N+]([O-])N(CC)CC)c([N+](=O)[O-])cc1OCC(=O)OCC. The van der Waals surface area contributed by atoms with Gasteiger partial charge >= 0.3 is 11.9 Å². The van der Waals surface area contributed by atoms with E-state index in [0.717, 1.165) is 6.07 Å². The summed E-state index contributed by atoms with van der Waals surface area (Å²) in [6, 6.07) is 2.21. The van der Waals surface area contributed by atoms with Crippen LogP contribution in [-0.2, 0) is 30.5 Å². The molecule has 1 rings (SSSR count). The van der Waals surface area contributed by atoms with Crippen LogP contribution in [0.4, 0.5) is 5.69 Å². The molecule has 0 aliphatic carbocycles. The quantitative estimate of drug-likeness (QED) is 0.121.